The summed E-state index contributed by atoms with van der Waals surface area (Å²) in [5, 5.41) is 0. The van der Waals surface area contributed by atoms with E-state index < -0.39 is 0 Å². The van der Waals surface area contributed by atoms with Crippen LogP contribution in [0.25, 0.3) is 0 Å². The van der Waals surface area contributed by atoms with Gasteiger partial charge >= 0.3 is 0 Å². The van der Waals surface area contributed by atoms with Crippen LogP contribution in [0.3, 0.4) is 0 Å². The Bertz CT molecular complexity index is 636. The molecule has 0 saturated carbocycles. The van der Waals surface area contributed by atoms with Crippen LogP contribution in [0.4, 0.5) is 5.82 Å². The van der Waals surface area contributed by atoms with E-state index >= 15 is 0 Å². The zero-order chi connectivity index (χ0) is 12.5. The van der Waals surface area contributed by atoms with Gasteiger partial charge in [0.05, 0.1) is 5.69 Å². The molecule has 1 aliphatic rings. The van der Waals surface area contributed by atoms with Crippen molar-refractivity contribution in [2.24, 2.45) is 7.05 Å². The fraction of sp³-hybridized carbons (Fsp3) is 0.333. The lowest BCUT2D eigenvalue weighted by atomic mass is 10.1. The minimum atomic E-state index is -0.0715. The van der Waals surface area contributed by atoms with E-state index in [2.05, 4.69) is 15.0 Å². The first-order valence-corrected chi connectivity index (χ1v) is 5.80. The highest BCUT2D eigenvalue weighted by Gasteiger charge is 2.20. The van der Waals surface area contributed by atoms with E-state index in [1.165, 1.54) is 0 Å². The van der Waals surface area contributed by atoms with Crippen LogP contribution < -0.4 is 10.5 Å². The molecular formula is C12H13N5O. The molecule has 0 bridgehead atoms. The molecule has 1 aliphatic heterocycles. The van der Waals surface area contributed by atoms with Crippen molar-refractivity contribution in [3.63, 3.8) is 0 Å². The van der Waals surface area contributed by atoms with Gasteiger partial charge in [0.25, 0.3) is 5.56 Å². The van der Waals surface area contributed by atoms with E-state index in [1.54, 1.807) is 30.3 Å². The Morgan fingerprint density at radius 3 is 3.11 bits per heavy atom. The molecule has 0 N–H and O–H groups in total. The van der Waals surface area contributed by atoms with Gasteiger partial charge in [0.2, 0.25) is 0 Å². The molecule has 6 heteroatoms. The normalized spacial score (nSPS) is 14.4. The molecule has 92 valence electrons. The van der Waals surface area contributed by atoms with Crippen molar-refractivity contribution in [2.45, 2.75) is 13.0 Å². The van der Waals surface area contributed by atoms with E-state index in [9.17, 15) is 4.79 Å². The number of hydrogen-bond donors (Lipinski definition) is 0. The molecule has 3 rings (SSSR count). The van der Waals surface area contributed by atoms with Crippen LogP contribution in [-0.4, -0.2) is 26.1 Å². The van der Waals surface area contributed by atoms with Gasteiger partial charge in [0.15, 0.2) is 5.82 Å². The van der Waals surface area contributed by atoms with Crippen LogP contribution in [0.5, 0.6) is 0 Å². The topological polar surface area (TPSA) is 63.9 Å². The quantitative estimate of drug-likeness (QED) is 0.712. The molecule has 0 radical (unpaired) electrons. The largest absolute Gasteiger partial charge is 0.347 e. The third kappa shape index (κ3) is 1.75. The Kier molecular flexibility index (Phi) is 2.55. The summed E-state index contributed by atoms with van der Waals surface area (Å²) < 4.78 is 1.54. The maximum Gasteiger partial charge on any atom is 0.293 e. The molecule has 0 spiro atoms. The molecule has 0 aromatic carbocycles. The Hall–Kier alpha value is -2.24. The number of nitrogens with zero attached hydrogens (tertiary/aromatic N) is 5. The molecule has 2 aromatic rings. The van der Waals surface area contributed by atoms with Gasteiger partial charge in [-0.05, 0) is 0 Å². The number of aryl methyl sites for hydroxylation is 1. The Morgan fingerprint density at radius 2 is 2.22 bits per heavy atom. The highest BCUT2D eigenvalue weighted by Crippen LogP contribution is 2.18. The van der Waals surface area contributed by atoms with Gasteiger partial charge in [0.1, 0.15) is 6.33 Å². The van der Waals surface area contributed by atoms with Gasteiger partial charge in [-0.2, -0.15) is 0 Å². The third-order valence-electron chi connectivity index (χ3n) is 3.16. The van der Waals surface area contributed by atoms with Gasteiger partial charge in [-0.1, -0.05) is 0 Å². The zero-order valence-corrected chi connectivity index (χ0v) is 10.1. The SMILES string of the molecule is Cn1ccnc(N2CCc3ncncc3C2)c1=O. The van der Waals surface area contributed by atoms with Crippen molar-refractivity contribution in [2.75, 3.05) is 11.4 Å². The minimum absolute atomic E-state index is 0.0715. The van der Waals surface area contributed by atoms with Gasteiger partial charge < -0.3 is 9.47 Å². The second-order valence-corrected chi connectivity index (χ2v) is 4.33. The highest BCUT2D eigenvalue weighted by molar-refractivity contribution is 5.40. The van der Waals surface area contributed by atoms with Crippen molar-refractivity contribution >= 4 is 5.82 Å². The lowest BCUT2D eigenvalue weighted by Crippen LogP contribution is -2.36. The van der Waals surface area contributed by atoms with Gasteiger partial charge in [0, 0.05) is 50.7 Å². The van der Waals surface area contributed by atoms with Gasteiger partial charge in [-0.15, -0.1) is 0 Å². The summed E-state index contributed by atoms with van der Waals surface area (Å²) in [6.45, 7) is 1.40. The molecule has 0 unspecified atom stereocenters. The Balaban J connectivity index is 1.97. The van der Waals surface area contributed by atoms with Crippen LogP contribution in [0, 0.1) is 0 Å². The summed E-state index contributed by atoms with van der Waals surface area (Å²) in [7, 11) is 1.73. The smallest absolute Gasteiger partial charge is 0.293 e. The standard InChI is InChI=1S/C12H13N5O/c1-16-5-3-14-11(12(16)18)17-4-2-10-9(7-17)6-13-8-15-10/h3,5-6,8H,2,4,7H2,1H3. The fourth-order valence-corrected chi connectivity index (χ4v) is 2.15. The first-order valence-electron chi connectivity index (χ1n) is 5.80. The van der Waals surface area contributed by atoms with Crippen molar-refractivity contribution in [1.82, 2.24) is 19.5 Å². The summed E-state index contributed by atoms with van der Waals surface area (Å²) in [5.74, 6) is 0.495. The Morgan fingerprint density at radius 1 is 1.33 bits per heavy atom. The molecule has 2 aromatic heterocycles. The van der Waals surface area contributed by atoms with Crippen molar-refractivity contribution < 1.29 is 0 Å². The van der Waals surface area contributed by atoms with Crippen LogP contribution >= 0.6 is 0 Å². The van der Waals surface area contributed by atoms with Crippen LogP contribution in [0.2, 0.25) is 0 Å². The molecular weight excluding hydrogens is 230 g/mol. The van der Waals surface area contributed by atoms with E-state index in [0.717, 1.165) is 24.2 Å². The number of rotatable bonds is 1. The highest BCUT2D eigenvalue weighted by atomic mass is 16.1. The predicted molar refractivity (Wildman–Crippen MR) is 66.3 cm³/mol. The lowest BCUT2D eigenvalue weighted by molar-refractivity contribution is 0.682. The second kappa shape index (κ2) is 4.21. The summed E-state index contributed by atoms with van der Waals surface area (Å²) in [5.41, 5.74) is 2.06. The first-order chi connectivity index (χ1) is 8.75. The average Bonchev–Trinajstić information content (AvgIpc) is 2.41. The van der Waals surface area contributed by atoms with E-state index in [-0.39, 0.29) is 5.56 Å². The summed E-state index contributed by atoms with van der Waals surface area (Å²) in [6, 6.07) is 0. The number of fused-ring (bicyclic) bond motifs is 1. The van der Waals surface area contributed by atoms with Crippen LogP contribution in [-0.2, 0) is 20.0 Å². The van der Waals surface area contributed by atoms with Gasteiger partial charge in [-0.25, -0.2) is 15.0 Å². The van der Waals surface area contributed by atoms with Crippen molar-refractivity contribution in [3.8, 4) is 0 Å². The van der Waals surface area contributed by atoms with E-state index in [0.29, 0.717) is 12.4 Å². The average molecular weight is 243 g/mol. The summed E-state index contributed by atoms with van der Waals surface area (Å²) >= 11 is 0. The Labute approximate surface area is 104 Å². The fourth-order valence-electron chi connectivity index (χ4n) is 2.15. The lowest BCUT2D eigenvalue weighted by Gasteiger charge is -2.28. The summed E-state index contributed by atoms with van der Waals surface area (Å²) in [6.07, 6.45) is 7.49. The van der Waals surface area contributed by atoms with E-state index in [4.69, 9.17) is 0 Å². The zero-order valence-electron chi connectivity index (χ0n) is 10.1. The van der Waals surface area contributed by atoms with Crippen LogP contribution in [0.1, 0.15) is 11.3 Å². The first kappa shape index (κ1) is 10.9. The predicted octanol–water partition coefficient (Wildman–Crippen LogP) is 0.133. The number of anilines is 1. The third-order valence-corrected chi connectivity index (χ3v) is 3.16. The molecule has 0 atom stereocenters. The van der Waals surface area contributed by atoms with Crippen LogP contribution in [0.15, 0.2) is 29.7 Å². The summed E-state index contributed by atoms with van der Waals surface area (Å²) in [4.78, 5) is 26.4. The maximum atomic E-state index is 12.0. The van der Waals surface area contributed by atoms with Crippen molar-refractivity contribution in [3.05, 3.63) is 46.5 Å². The molecule has 18 heavy (non-hydrogen) atoms. The van der Waals surface area contributed by atoms with Gasteiger partial charge in [-0.3, -0.25) is 4.79 Å². The molecule has 0 fully saturated rings. The number of hydrogen-bond acceptors (Lipinski definition) is 5. The maximum absolute atomic E-state index is 12.0. The minimum Gasteiger partial charge on any atom is -0.347 e. The number of aromatic nitrogens is 4. The molecule has 0 saturated heterocycles. The molecule has 6 nitrogen and oxygen atoms in total. The monoisotopic (exact) mass is 243 g/mol. The molecule has 0 aliphatic carbocycles. The second-order valence-electron chi connectivity index (χ2n) is 4.33. The van der Waals surface area contributed by atoms with E-state index in [1.807, 2.05) is 11.1 Å². The molecule has 0 amide bonds. The molecule has 3 heterocycles. The van der Waals surface area contributed by atoms with Crippen molar-refractivity contribution in [1.29, 1.82) is 0 Å².